The van der Waals surface area contributed by atoms with E-state index in [0.717, 1.165) is 71.2 Å². The van der Waals surface area contributed by atoms with E-state index in [-0.39, 0.29) is 12.0 Å². The molecule has 1 aromatic heterocycles. The number of esters is 1. The molecule has 1 saturated carbocycles. The molecule has 2 aliphatic rings. The average Bonchev–Trinajstić information content (AvgIpc) is 3.71. The van der Waals surface area contributed by atoms with Gasteiger partial charge in [0.15, 0.2) is 0 Å². The maximum atomic E-state index is 13.4. The van der Waals surface area contributed by atoms with Crippen molar-refractivity contribution in [1.29, 1.82) is 0 Å². The Labute approximate surface area is 261 Å². The molecule has 2 atom stereocenters. The Hall–Kier alpha value is -4.99. The number of nitrogens with one attached hydrogen (secondary N) is 1. The lowest BCUT2D eigenvalue weighted by molar-refractivity contribution is -0.0915. The number of tetrazole rings is 1. The molecule has 2 aliphatic carbocycles. The van der Waals surface area contributed by atoms with Crippen molar-refractivity contribution in [3.63, 3.8) is 0 Å². The fourth-order valence-electron chi connectivity index (χ4n) is 6.17. The van der Waals surface area contributed by atoms with Crippen LogP contribution in [0.4, 0.5) is 4.79 Å². The van der Waals surface area contributed by atoms with Gasteiger partial charge in [-0.25, -0.2) is 9.59 Å². The maximum absolute atomic E-state index is 13.4. The van der Waals surface area contributed by atoms with Crippen molar-refractivity contribution in [3.05, 3.63) is 94.7 Å². The fraction of sp³-hybridized carbons (Fsp3) is 0.343. The van der Waals surface area contributed by atoms with Crippen LogP contribution in [-0.2, 0) is 25.4 Å². The van der Waals surface area contributed by atoms with E-state index < -0.39 is 18.4 Å². The average molecular weight is 609 g/mol. The molecule has 6 rings (SSSR count). The van der Waals surface area contributed by atoms with E-state index in [9.17, 15) is 9.59 Å². The third-order valence-electron chi connectivity index (χ3n) is 8.23. The van der Waals surface area contributed by atoms with Crippen LogP contribution < -0.4 is 0 Å². The number of benzene rings is 3. The number of nitrogens with zero attached hydrogens (tertiary/aromatic N) is 3. The number of aromatic amines is 1. The summed E-state index contributed by atoms with van der Waals surface area (Å²) in [6.45, 7) is 3.95. The van der Waals surface area contributed by atoms with Gasteiger partial charge in [0.2, 0.25) is 12.1 Å². The Morgan fingerprint density at radius 2 is 1.71 bits per heavy atom. The van der Waals surface area contributed by atoms with Crippen LogP contribution in [0, 0.1) is 0 Å². The molecule has 4 aromatic rings. The Kier molecular flexibility index (Phi) is 9.19. The van der Waals surface area contributed by atoms with Gasteiger partial charge in [-0.05, 0) is 84.2 Å². The smallest absolute Gasteiger partial charge is 0.498 e. The van der Waals surface area contributed by atoms with Crippen molar-refractivity contribution in [2.24, 2.45) is 0 Å². The number of hydrogen-bond donors (Lipinski definition) is 1. The van der Waals surface area contributed by atoms with Gasteiger partial charge in [-0.2, -0.15) is 5.21 Å². The predicted molar refractivity (Wildman–Crippen MR) is 167 cm³/mol. The quantitative estimate of drug-likeness (QED) is 0.146. The molecule has 3 aromatic carbocycles. The largest absolute Gasteiger partial charge is 0.511 e. The zero-order valence-electron chi connectivity index (χ0n) is 25.4. The van der Waals surface area contributed by atoms with Gasteiger partial charge in [0.1, 0.15) is 11.9 Å². The summed E-state index contributed by atoms with van der Waals surface area (Å²) >= 11 is 0. The van der Waals surface area contributed by atoms with Crippen LogP contribution in [0.1, 0.15) is 78.9 Å². The highest BCUT2D eigenvalue weighted by Gasteiger charge is 2.33. The van der Waals surface area contributed by atoms with E-state index in [4.69, 9.17) is 18.9 Å². The van der Waals surface area contributed by atoms with Crippen LogP contribution in [-0.4, -0.2) is 51.7 Å². The van der Waals surface area contributed by atoms with E-state index in [1.54, 1.807) is 6.07 Å². The third-order valence-corrected chi connectivity index (χ3v) is 8.23. The van der Waals surface area contributed by atoms with Crippen molar-refractivity contribution in [2.45, 2.75) is 70.7 Å². The summed E-state index contributed by atoms with van der Waals surface area (Å²) in [6.07, 6.45) is 5.37. The van der Waals surface area contributed by atoms with Gasteiger partial charge in [-0.1, -0.05) is 67.1 Å². The van der Waals surface area contributed by atoms with Crippen molar-refractivity contribution < 1.29 is 28.5 Å². The van der Waals surface area contributed by atoms with E-state index in [0.29, 0.717) is 24.4 Å². The minimum absolute atomic E-state index is 0.148. The summed E-state index contributed by atoms with van der Waals surface area (Å²) in [7, 11) is 0. The molecular formula is C35H36N4O6. The second kappa shape index (κ2) is 13.8. The molecule has 0 bridgehead atoms. The highest BCUT2D eigenvalue weighted by molar-refractivity contribution is 5.94. The molecule has 0 spiro atoms. The first-order valence-electron chi connectivity index (χ1n) is 15.5. The monoisotopic (exact) mass is 608 g/mol. The Balaban J connectivity index is 1.18. The highest BCUT2D eigenvalue weighted by Crippen LogP contribution is 2.42. The van der Waals surface area contributed by atoms with Crippen molar-refractivity contribution in [3.8, 4) is 22.5 Å². The molecular weight excluding hydrogens is 572 g/mol. The summed E-state index contributed by atoms with van der Waals surface area (Å²) in [5.74, 6) is 0.548. The summed E-state index contributed by atoms with van der Waals surface area (Å²) in [5, 5.41) is 14.5. The molecule has 232 valence electrons. The first kappa shape index (κ1) is 30.1. The van der Waals surface area contributed by atoms with Crippen LogP contribution in [0.5, 0.6) is 0 Å². The summed E-state index contributed by atoms with van der Waals surface area (Å²) in [6, 6.07) is 21.7. The third kappa shape index (κ3) is 6.90. The van der Waals surface area contributed by atoms with E-state index >= 15 is 0 Å². The summed E-state index contributed by atoms with van der Waals surface area (Å²) in [4.78, 5) is 25.8. The number of carbonyl (C=O) groups excluding carboxylic acids is 2. The molecule has 0 amide bonds. The number of hydrogen-bond acceptors (Lipinski definition) is 9. The van der Waals surface area contributed by atoms with Gasteiger partial charge in [0.05, 0.1) is 12.2 Å². The predicted octanol–water partition coefficient (Wildman–Crippen LogP) is 7.24. The molecule has 0 saturated heterocycles. The minimum atomic E-state index is -1.11. The highest BCUT2D eigenvalue weighted by atomic mass is 16.8. The molecule has 45 heavy (non-hydrogen) atoms. The second-order valence-corrected chi connectivity index (χ2v) is 11.2. The number of aromatic nitrogens is 4. The van der Waals surface area contributed by atoms with Crippen LogP contribution in [0.25, 0.3) is 28.6 Å². The standard InChI is InChI=1S/C35H36N4O6/c1-3-42-31-21-25-10-9-15-29(34(40)43-22(2)44-35(41)45-26-11-5-4-6-12-26)32(25)30(31)20-23-16-18-24(19-17-23)27-13-7-8-14-28(27)33-36-38-39-37-33/h7-10,13-19,21-22,26,30H,3-6,11-12,20H2,1-2H3,(H,36,37,38,39). The topological polar surface area (TPSA) is 126 Å². The number of ether oxygens (including phenoxy) is 4. The van der Waals surface area contributed by atoms with Crippen molar-refractivity contribution >= 4 is 18.2 Å². The minimum Gasteiger partial charge on any atom is -0.498 e. The van der Waals surface area contributed by atoms with E-state index in [1.165, 1.54) is 6.92 Å². The van der Waals surface area contributed by atoms with Gasteiger partial charge in [0, 0.05) is 18.4 Å². The number of fused-ring (bicyclic) bond motifs is 1. The van der Waals surface area contributed by atoms with Crippen LogP contribution >= 0.6 is 0 Å². The van der Waals surface area contributed by atoms with Crippen molar-refractivity contribution in [2.75, 3.05) is 6.61 Å². The van der Waals surface area contributed by atoms with Gasteiger partial charge in [-0.3, -0.25) is 0 Å². The Morgan fingerprint density at radius 1 is 0.933 bits per heavy atom. The zero-order chi connectivity index (χ0) is 31.2. The lowest BCUT2D eigenvalue weighted by atomic mass is 9.88. The van der Waals surface area contributed by atoms with Crippen LogP contribution in [0.3, 0.4) is 0 Å². The van der Waals surface area contributed by atoms with Gasteiger partial charge >= 0.3 is 12.1 Å². The van der Waals surface area contributed by atoms with E-state index in [2.05, 4.69) is 44.9 Å². The maximum Gasteiger partial charge on any atom is 0.511 e. The number of H-pyrrole nitrogens is 1. The summed E-state index contributed by atoms with van der Waals surface area (Å²) < 4.78 is 22.3. The molecule has 2 unspecified atom stereocenters. The normalized spacial score (nSPS) is 16.8. The number of allylic oxidation sites excluding steroid dienone is 1. The second-order valence-electron chi connectivity index (χ2n) is 11.2. The summed E-state index contributed by atoms with van der Waals surface area (Å²) in [5.41, 5.74) is 6.11. The molecule has 1 heterocycles. The molecule has 0 aliphatic heterocycles. The fourth-order valence-corrected chi connectivity index (χ4v) is 6.17. The molecule has 0 radical (unpaired) electrons. The van der Waals surface area contributed by atoms with Crippen LogP contribution in [0.15, 0.2) is 72.5 Å². The molecule has 10 nitrogen and oxygen atoms in total. The molecule has 1 fully saturated rings. The van der Waals surface area contributed by atoms with E-state index in [1.807, 2.05) is 49.4 Å². The number of rotatable bonds is 10. The Bertz CT molecular complexity index is 1660. The zero-order valence-corrected chi connectivity index (χ0v) is 25.4. The lowest BCUT2D eigenvalue weighted by Gasteiger charge is -2.23. The molecule has 10 heteroatoms. The van der Waals surface area contributed by atoms with Gasteiger partial charge < -0.3 is 18.9 Å². The van der Waals surface area contributed by atoms with Gasteiger partial charge in [-0.15, -0.1) is 10.2 Å². The van der Waals surface area contributed by atoms with Crippen LogP contribution in [0.2, 0.25) is 0 Å². The first-order valence-corrected chi connectivity index (χ1v) is 15.5. The first-order chi connectivity index (χ1) is 22.0. The SMILES string of the molecule is CCOC1=Cc2cccc(C(=O)OC(C)OC(=O)OC3CCCCC3)c2C1Cc1ccc(-c2ccccc2-c2nn[nH]n2)cc1. The number of carbonyl (C=O) groups is 2. The molecule has 1 N–H and O–H groups in total. The van der Waals surface area contributed by atoms with Crippen molar-refractivity contribution in [1.82, 2.24) is 20.6 Å². The Morgan fingerprint density at radius 3 is 2.44 bits per heavy atom. The lowest BCUT2D eigenvalue weighted by Crippen LogP contribution is -2.27. The van der Waals surface area contributed by atoms with Gasteiger partial charge in [0.25, 0.3) is 0 Å².